The van der Waals surface area contributed by atoms with Crippen LogP contribution < -0.4 is 5.32 Å². The zero-order valence-electron chi connectivity index (χ0n) is 10.3. The lowest BCUT2D eigenvalue weighted by atomic mass is 10.0. The lowest BCUT2D eigenvalue weighted by Gasteiger charge is -2.18. The number of pyridine rings is 1. The van der Waals surface area contributed by atoms with Gasteiger partial charge < -0.3 is 5.32 Å². The van der Waals surface area contributed by atoms with Gasteiger partial charge in [0.25, 0.3) is 0 Å². The molecule has 0 bridgehead atoms. The summed E-state index contributed by atoms with van der Waals surface area (Å²) in [6.45, 7) is 5.29. The molecule has 0 aromatic carbocycles. The summed E-state index contributed by atoms with van der Waals surface area (Å²) in [5.41, 5.74) is 3.79. The van der Waals surface area contributed by atoms with E-state index in [9.17, 15) is 0 Å². The first-order valence-electron chi connectivity index (χ1n) is 5.98. The maximum atomic E-state index is 4.29. The predicted octanol–water partition coefficient (Wildman–Crippen LogP) is 3.54. The number of hydrogen-bond donors (Lipinski definition) is 1. The Hall–Kier alpha value is -1.19. The number of aryl methyl sites for hydroxylation is 1. The first-order chi connectivity index (χ1) is 8.31. The van der Waals surface area contributed by atoms with Crippen LogP contribution in [0.1, 0.15) is 36.1 Å². The Labute approximate surface area is 107 Å². The molecule has 2 aromatic heterocycles. The summed E-state index contributed by atoms with van der Waals surface area (Å²) in [5.74, 6) is 0. The Balaban J connectivity index is 2.27. The molecule has 90 valence electrons. The van der Waals surface area contributed by atoms with Crippen LogP contribution in [0.5, 0.6) is 0 Å². The number of nitrogens with zero attached hydrogens (tertiary/aromatic N) is 1. The fourth-order valence-electron chi connectivity index (χ4n) is 1.89. The third kappa shape index (κ3) is 3.14. The number of nitrogens with one attached hydrogen (secondary N) is 1. The van der Waals surface area contributed by atoms with E-state index >= 15 is 0 Å². The highest BCUT2D eigenvalue weighted by molar-refractivity contribution is 7.08. The molecule has 0 amide bonds. The lowest BCUT2D eigenvalue weighted by Crippen LogP contribution is -2.22. The van der Waals surface area contributed by atoms with E-state index in [-0.39, 0.29) is 6.04 Å². The molecule has 0 aliphatic heterocycles. The average Bonchev–Trinajstić information content (AvgIpc) is 2.83. The molecule has 1 atom stereocenters. The fraction of sp³-hybridized carbons (Fsp3) is 0.357. The number of rotatable bonds is 5. The van der Waals surface area contributed by atoms with Gasteiger partial charge in [-0.3, -0.25) is 4.98 Å². The number of aromatic nitrogens is 1. The van der Waals surface area contributed by atoms with Crippen molar-refractivity contribution in [3.63, 3.8) is 0 Å². The van der Waals surface area contributed by atoms with Gasteiger partial charge in [0.05, 0.1) is 6.04 Å². The summed E-state index contributed by atoms with van der Waals surface area (Å²) in [5, 5.41) is 7.91. The van der Waals surface area contributed by atoms with Crippen molar-refractivity contribution >= 4 is 11.3 Å². The smallest absolute Gasteiger partial charge is 0.0600 e. The van der Waals surface area contributed by atoms with E-state index in [4.69, 9.17) is 0 Å². The Morgan fingerprint density at radius 2 is 2.24 bits per heavy atom. The molecule has 2 nitrogen and oxygen atoms in total. The zero-order valence-corrected chi connectivity index (χ0v) is 11.1. The van der Waals surface area contributed by atoms with Gasteiger partial charge in [-0.15, -0.1) is 0 Å². The van der Waals surface area contributed by atoms with Gasteiger partial charge in [-0.2, -0.15) is 11.3 Å². The summed E-state index contributed by atoms with van der Waals surface area (Å²) in [6.07, 6.45) is 4.99. The van der Waals surface area contributed by atoms with E-state index in [2.05, 4.69) is 47.0 Å². The fourth-order valence-corrected chi connectivity index (χ4v) is 2.58. The number of thiophene rings is 1. The van der Waals surface area contributed by atoms with E-state index < -0.39 is 0 Å². The van der Waals surface area contributed by atoms with Crippen molar-refractivity contribution in [2.75, 3.05) is 6.54 Å². The highest BCUT2D eigenvalue weighted by Gasteiger charge is 2.13. The molecule has 0 aliphatic carbocycles. The van der Waals surface area contributed by atoms with Crippen LogP contribution in [-0.4, -0.2) is 11.5 Å². The SMILES string of the molecule is CCCNC(c1ccsc1)c1cncc(C)c1. The third-order valence-electron chi connectivity index (χ3n) is 2.70. The Kier molecular flexibility index (Phi) is 4.29. The van der Waals surface area contributed by atoms with Crippen molar-refractivity contribution < 1.29 is 0 Å². The van der Waals surface area contributed by atoms with E-state index in [0.717, 1.165) is 13.0 Å². The average molecular weight is 246 g/mol. The molecular formula is C14H18N2S. The largest absolute Gasteiger partial charge is 0.306 e. The summed E-state index contributed by atoms with van der Waals surface area (Å²) in [7, 11) is 0. The molecule has 0 fully saturated rings. The first-order valence-corrected chi connectivity index (χ1v) is 6.92. The van der Waals surface area contributed by atoms with Crippen LogP contribution in [0.25, 0.3) is 0 Å². The predicted molar refractivity (Wildman–Crippen MR) is 73.4 cm³/mol. The molecule has 2 aromatic rings. The maximum Gasteiger partial charge on any atom is 0.0600 e. The topological polar surface area (TPSA) is 24.9 Å². The van der Waals surface area contributed by atoms with Crippen molar-refractivity contribution in [1.29, 1.82) is 0 Å². The molecule has 1 N–H and O–H groups in total. The Morgan fingerprint density at radius 3 is 2.88 bits per heavy atom. The highest BCUT2D eigenvalue weighted by atomic mass is 32.1. The van der Waals surface area contributed by atoms with Gasteiger partial charge in [-0.1, -0.05) is 13.0 Å². The third-order valence-corrected chi connectivity index (χ3v) is 3.41. The first kappa shape index (κ1) is 12.3. The molecule has 17 heavy (non-hydrogen) atoms. The molecule has 0 saturated heterocycles. The molecule has 2 heterocycles. The van der Waals surface area contributed by atoms with Gasteiger partial charge in [0.1, 0.15) is 0 Å². The van der Waals surface area contributed by atoms with Crippen LogP contribution in [0.3, 0.4) is 0 Å². The summed E-state index contributed by atoms with van der Waals surface area (Å²) < 4.78 is 0. The van der Waals surface area contributed by atoms with Crippen molar-refractivity contribution in [1.82, 2.24) is 10.3 Å². The van der Waals surface area contributed by atoms with Gasteiger partial charge in [0.2, 0.25) is 0 Å². The Bertz CT molecular complexity index is 451. The minimum atomic E-state index is 0.272. The van der Waals surface area contributed by atoms with Crippen LogP contribution in [0.2, 0.25) is 0 Å². The van der Waals surface area contributed by atoms with E-state index in [0.29, 0.717) is 0 Å². The Morgan fingerprint density at radius 1 is 1.35 bits per heavy atom. The highest BCUT2D eigenvalue weighted by Crippen LogP contribution is 2.24. The van der Waals surface area contributed by atoms with Crippen LogP contribution in [-0.2, 0) is 0 Å². The molecule has 1 unspecified atom stereocenters. The van der Waals surface area contributed by atoms with Crippen molar-refractivity contribution in [2.45, 2.75) is 26.3 Å². The minimum Gasteiger partial charge on any atom is -0.306 e. The number of hydrogen-bond acceptors (Lipinski definition) is 3. The van der Waals surface area contributed by atoms with Gasteiger partial charge in [-0.05, 0) is 53.4 Å². The molecule has 0 radical (unpaired) electrons. The quantitative estimate of drug-likeness (QED) is 0.873. The van der Waals surface area contributed by atoms with E-state index in [1.54, 1.807) is 11.3 Å². The van der Waals surface area contributed by atoms with Gasteiger partial charge in [-0.25, -0.2) is 0 Å². The molecule has 3 heteroatoms. The second-order valence-electron chi connectivity index (χ2n) is 4.24. The molecule has 0 saturated carbocycles. The van der Waals surface area contributed by atoms with E-state index in [1.807, 2.05) is 12.4 Å². The monoisotopic (exact) mass is 246 g/mol. The normalized spacial score (nSPS) is 12.6. The van der Waals surface area contributed by atoms with Crippen molar-refractivity contribution in [3.8, 4) is 0 Å². The van der Waals surface area contributed by atoms with Crippen LogP contribution in [0, 0.1) is 6.92 Å². The van der Waals surface area contributed by atoms with E-state index in [1.165, 1.54) is 16.7 Å². The molecule has 2 rings (SSSR count). The van der Waals surface area contributed by atoms with Gasteiger partial charge in [0.15, 0.2) is 0 Å². The van der Waals surface area contributed by atoms with Crippen LogP contribution in [0.15, 0.2) is 35.3 Å². The lowest BCUT2D eigenvalue weighted by molar-refractivity contribution is 0.598. The standard InChI is InChI=1S/C14H18N2S/c1-3-5-16-14(12-4-6-17-10-12)13-7-11(2)8-15-9-13/h4,6-10,14,16H,3,5H2,1-2H3. The second kappa shape index (κ2) is 5.94. The van der Waals surface area contributed by atoms with Crippen LogP contribution >= 0.6 is 11.3 Å². The minimum absolute atomic E-state index is 0.272. The zero-order chi connectivity index (χ0) is 12.1. The van der Waals surface area contributed by atoms with Gasteiger partial charge >= 0.3 is 0 Å². The molecular weight excluding hydrogens is 228 g/mol. The van der Waals surface area contributed by atoms with Crippen molar-refractivity contribution in [3.05, 3.63) is 52.0 Å². The van der Waals surface area contributed by atoms with Crippen LogP contribution in [0.4, 0.5) is 0 Å². The second-order valence-corrected chi connectivity index (χ2v) is 5.02. The maximum absolute atomic E-state index is 4.29. The van der Waals surface area contributed by atoms with Gasteiger partial charge in [0, 0.05) is 12.4 Å². The summed E-state index contributed by atoms with van der Waals surface area (Å²) >= 11 is 1.74. The molecule has 0 aliphatic rings. The molecule has 0 spiro atoms. The van der Waals surface area contributed by atoms with Crippen molar-refractivity contribution in [2.24, 2.45) is 0 Å². The summed E-state index contributed by atoms with van der Waals surface area (Å²) in [4.78, 5) is 4.29. The summed E-state index contributed by atoms with van der Waals surface area (Å²) in [6, 6.07) is 4.66.